The van der Waals surface area contributed by atoms with Crippen molar-refractivity contribution in [2.75, 3.05) is 5.32 Å². The average molecular weight is 417 g/mol. The molecule has 2 N–H and O–H groups in total. The predicted molar refractivity (Wildman–Crippen MR) is 100 cm³/mol. The van der Waals surface area contributed by atoms with E-state index < -0.39 is 33.1 Å². The fourth-order valence-corrected chi connectivity index (χ4v) is 3.67. The molecule has 0 aliphatic rings. The fourth-order valence-electron chi connectivity index (χ4n) is 2.07. The summed E-state index contributed by atoms with van der Waals surface area (Å²) < 4.78 is 54.7. The topological polar surface area (TPSA) is 75.3 Å². The Morgan fingerprint density at radius 2 is 1.67 bits per heavy atom. The molecule has 0 heterocycles. The number of nitrogens with one attached hydrogen (secondary N) is 2. The zero-order valence-corrected chi connectivity index (χ0v) is 16.5. The summed E-state index contributed by atoms with van der Waals surface area (Å²) in [6.45, 7) is 5.41. The number of hydrogen-bond donors (Lipinski definition) is 2. The van der Waals surface area contributed by atoms with Gasteiger partial charge in [-0.1, -0.05) is 25.4 Å². The van der Waals surface area contributed by atoms with E-state index in [0.717, 1.165) is 24.3 Å². The van der Waals surface area contributed by atoms with Crippen LogP contribution in [0.5, 0.6) is 0 Å². The number of benzene rings is 2. The number of hydrogen-bond acceptors (Lipinski definition) is 3. The van der Waals surface area contributed by atoms with Gasteiger partial charge in [-0.05, 0) is 49.2 Å². The lowest BCUT2D eigenvalue weighted by Crippen LogP contribution is -2.36. The minimum absolute atomic E-state index is 0.0474. The second kappa shape index (κ2) is 8.33. The quantitative estimate of drug-likeness (QED) is 0.741. The van der Waals surface area contributed by atoms with Crippen LogP contribution in [-0.2, 0) is 10.0 Å². The standard InChI is InChI=1S/C18H19ClF2N2O3S/c1-10(2)11(3)23-27(25,26)13-5-7-16(20)14(9-13)18(24)22-12-4-6-17(21)15(19)8-12/h4-11,23H,1-3H3,(H,22,24)/t11-/m1/s1. The summed E-state index contributed by atoms with van der Waals surface area (Å²) in [5.41, 5.74) is -0.318. The number of sulfonamides is 1. The van der Waals surface area contributed by atoms with Gasteiger partial charge >= 0.3 is 0 Å². The van der Waals surface area contributed by atoms with Crippen molar-refractivity contribution in [2.24, 2.45) is 5.92 Å². The number of amides is 1. The van der Waals surface area contributed by atoms with Crippen molar-refractivity contribution in [3.8, 4) is 0 Å². The van der Waals surface area contributed by atoms with E-state index in [9.17, 15) is 22.0 Å². The fraction of sp³-hybridized carbons (Fsp3) is 0.278. The number of carbonyl (C=O) groups is 1. The van der Waals surface area contributed by atoms with Gasteiger partial charge in [0.25, 0.3) is 5.91 Å². The molecular weight excluding hydrogens is 398 g/mol. The molecule has 27 heavy (non-hydrogen) atoms. The highest BCUT2D eigenvalue weighted by Crippen LogP contribution is 2.21. The molecule has 0 radical (unpaired) electrons. The van der Waals surface area contributed by atoms with Gasteiger partial charge in [-0.3, -0.25) is 4.79 Å². The Morgan fingerprint density at radius 3 is 2.26 bits per heavy atom. The lowest BCUT2D eigenvalue weighted by molar-refractivity contribution is 0.102. The van der Waals surface area contributed by atoms with Gasteiger partial charge in [0.1, 0.15) is 11.6 Å². The number of anilines is 1. The Bertz CT molecular complexity index is 965. The van der Waals surface area contributed by atoms with Crippen LogP contribution in [0.25, 0.3) is 0 Å². The summed E-state index contributed by atoms with van der Waals surface area (Å²) in [5, 5.41) is 2.15. The van der Waals surface area contributed by atoms with Crippen LogP contribution < -0.4 is 10.0 Å². The molecular formula is C18H19ClF2N2O3S. The third-order valence-electron chi connectivity index (χ3n) is 4.01. The van der Waals surface area contributed by atoms with Crippen LogP contribution in [0.15, 0.2) is 41.3 Å². The number of halogens is 3. The Balaban J connectivity index is 2.31. The molecule has 0 saturated heterocycles. The van der Waals surface area contributed by atoms with E-state index in [2.05, 4.69) is 10.0 Å². The first-order valence-electron chi connectivity index (χ1n) is 8.09. The molecule has 1 amide bonds. The summed E-state index contributed by atoms with van der Waals surface area (Å²) in [5.74, 6) is -2.40. The summed E-state index contributed by atoms with van der Waals surface area (Å²) in [6, 6.07) is 6.05. The lowest BCUT2D eigenvalue weighted by atomic mass is 10.1. The minimum atomic E-state index is -3.93. The first-order valence-corrected chi connectivity index (χ1v) is 9.95. The Morgan fingerprint density at radius 1 is 1.04 bits per heavy atom. The zero-order valence-electron chi connectivity index (χ0n) is 14.9. The molecule has 0 saturated carbocycles. The van der Waals surface area contributed by atoms with Gasteiger partial charge in [0.05, 0.1) is 15.5 Å². The molecule has 0 bridgehead atoms. The summed E-state index contributed by atoms with van der Waals surface area (Å²) >= 11 is 5.65. The molecule has 2 rings (SSSR count). The maximum atomic E-state index is 14.1. The second-order valence-electron chi connectivity index (χ2n) is 6.38. The molecule has 0 aliphatic carbocycles. The van der Waals surface area contributed by atoms with E-state index in [0.29, 0.717) is 0 Å². The Hall–Kier alpha value is -2.03. The molecule has 2 aromatic carbocycles. The van der Waals surface area contributed by atoms with Crippen molar-refractivity contribution in [2.45, 2.75) is 31.7 Å². The van der Waals surface area contributed by atoms with Gasteiger partial charge in [-0.15, -0.1) is 0 Å². The minimum Gasteiger partial charge on any atom is -0.322 e. The number of carbonyl (C=O) groups excluding carboxylic acids is 1. The molecule has 2 aromatic rings. The Kier molecular flexibility index (Phi) is 6.56. The van der Waals surface area contributed by atoms with Gasteiger partial charge in [0.2, 0.25) is 10.0 Å². The average Bonchev–Trinajstić information content (AvgIpc) is 2.57. The molecule has 0 unspecified atom stereocenters. The van der Waals surface area contributed by atoms with E-state index in [1.165, 1.54) is 12.1 Å². The second-order valence-corrected chi connectivity index (χ2v) is 8.50. The van der Waals surface area contributed by atoms with E-state index >= 15 is 0 Å². The van der Waals surface area contributed by atoms with Crippen LogP contribution in [0.2, 0.25) is 5.02 Å². The van der Waals surface area contributed by atoms with Crippen LogP contribution >= 0.6 is 11.6 Å². The van der Waals surface area contributed by atoms with Crippen LogP contribution in [0.1, 0.15) is 31.1 Å². The molecule has 0 fully saturated rings. The van der Waals surface area contributed by atoms with Crippen LogP contribution in [0.3, 0.4) is 0 Å². The van der Waals surface area contributed by atoms with Crippen molar-refractivity contribution in [1.29, 1.82) is 0 Å². The zero-order chi connectivity index (χ0) is 20.4. The first-order chi connectivity index (χ1) is 12.5. The largest absolute Gasteiger partial charge is 0.322 e. The molecule has 5 nitrogen and oxygen atoms in total. The predicted octanol–water partition coefficient (Wildman–Crippen LogP) is 4.19. The maximum absolute atomic E-state index is 14.1. The monoisotopic (exact) mass is 416 g/mol. The molecule has 0 aromatic heterocycles. The smallest absolute Gasteiger partial charge is 0.258 e. The van der Waals surface area contributed by atoms with E-state index in [-0.39, 0.29) is 27.6 Å². The van der Waals surface area contributed by atoms with Gasteiger partial charge in [-0.2, -0.15) is 0 Å². The summed E-state index contributed by atoms with van der Waals surface area (Å²) in [6.07, 6.45) is 0. The Labute approximate surface area is 161 Å². The van der Waals surface area contributed by atoms with E-state index in [1.807, 2.05) is 13.8 Å². The SMILES string of the molecule is CC(C)[C@@H](C)NS(=O)(=O)c1ccc(F)c(C(=O)Nc2ccc(F)c(Cl)c2)c1. The van der Waals surface area contributed by atoms with Crippen molar-refractivity contribution in [3.05, 3.63) is 58.6 Å². The first kappa shape index (κ1) is 21.3. The highest BCUT2D eigenvalue weighted by molar-refractivity contribution is 7.89. The lowest BCUT2D eigenvalue weighted by Gasteiger charge is -2.18. The van der Waals surface area contributed by atoms with Crippen molar-refractivity contribution in [1.82, 2.24) is 4.72 Å². The normalized spacial score (nSPS) is 12.9. The molecule has 0 aliphatic heterocycles. The number of rotatable bonds is 6. The van der Waals surface area contributed by atoms with Crippen molar-refractivity contribution in [3.63, 3.8) is 0 Å². The third-order valence-corrected chi connectivity index (χ3v) is 5.86. The summed E-state index contributed by atoms with van der Waals surface area (Å²) in [7, 11) is -3.93. The third kappa shape index (κ3) is 5.24. The van der Waals surface area contributed by atoms with Crippen molar-refractivity contribution < 1.29 is 22.0 Å². The van der Waals surface area contributed by atoms with E-state index in [4.69, 9.17) is 11.6 Å². The van der Waals surface area contributed by atoms with Gasteiger partial charge in [0, 0.05) is 11.7 Å². The van der Waals surface area contributed by atoms with E-state index in [1.54, 1.807) is 6.92 Å². The van der Waals surface area contributed by atoms with Crippen LogP contribution in [-0.4, -0.2) is 20.4 Å². The van der Waals surface area contributed by atoms with Gasteiger partial charge < -0.3 is 5.32 Å². The van der Waals surface area contributed by atoms with Crippen LogP contribution in [0.4, 0.5) is 14.5 Å². The summed E-state index contributed by atoms with van der Waals surface area (Å²) in [4.78, 5) is 12.1. The van der Waals surface area contributed by atoms with Gasteiger partial charge in [0.15, 0.2) is 0 Å². The molecule has 1 atom stereocenters. The highest BCUT2D eigenvalue weighted by Gasteiger charge is 2.22. The maximum Gasteiger partial charge on any atom is 0.258 e. The molecule has 0 spiro atoms. The molecule has 146 valence electrons. The molecule has 9 heteroatoms. The van der Waals surface area contributed by atoms with Crippen LogP contribution in [0, 0.1) is 17.6 Å². The van der Waals surface area contributed by atoms with Crippen molar-refractivity contribution >= 4 is 33.2 Å². The van der Waals surface area contributed by atoms with Gasteiger partial charge in [-0.25, -0.2) is 21.9 Å². The highest BCUT2D eigenvalue weighted by atomic mass is 35.5.